The second kappa shape index (κ2) is 4.77. The summed E-state index contributed by atoms with van der Waals surface area (Å²) in [5.74, 6) is 0. The van der Waals surface area contributed by atoms with Crippen LogP contribution in [0.3, 0.4) is 0 Å². The summed E-state index contributed by atoms with van der Waals surface area (Å²) in [5.41, 5.74) is 1.92. The molecule has 0 aromatic carbocycles. The van der Waals surface area contributed by atoms with Gasteiger partial charge in [0.2, 0.25) is 0 Å². The van der Waals surface area contributed by atoms with Gasteiger partial charge < -0.3 is 0 Å². The monoisotopic (exact) mass is 212 g/mol. The first kappa shape index (κ1) is 14.1. The van der Waals surface area contributed by atoms with Crippen LogP contribution in [0.5, 0.6) is 0 Å². The fraction of sp³-hybridized carbons (Fsp3) is 0.833. The predicted octanol–water partition coefficient (Wildman–Crippen LogP) is 3.69. The van der Waals surface area contributed by atoms with Crippen molar-refractivity contribution in [2.24, 2.45) is 0 Å². The molecule has 3 nitrogen and oxygen atoms in total. The molecule has 0 unspecified atom stereocenters. The average molecular weight is 212 g/mol. The normalized spacial score (nSPS) is 12.0. The van der Waals surface area contributed by atoms with E-state index in [1.165, 1.54) is 0 Å². The molecule has 3 heteroatoms. The molecule has 0 radical (unpaired) electrons. The molecule has 0 amide bonds. The topological polar surface area (TPSA) is 38.9 Å². The van der Waals surface area contributed by atoms with Gasteiger partial charge in [-0.1, -0.05) is 65.7 Å². The summed E-state index contributed by atoms with van der Waals surface area (Å²) < 4.78 is 4.80. The Morgan fingerprint density at radius 2 is 1.00 bits per heavy atom. The molecule has 0 spiro atoms. The van der Waals surface area contributed by atoms with Gasteiger partial charge in [-0.05, 0) is 0 Å². The van der Waals surface area contributed by atoms with E-state index in [-0.39, 0.29) is 10.8 Å². The van der Waals surface area contributed by atoms with Crippen LogP contribution in [0.25, 0.3) is 0 Å². The molecule has 15 heavy (non-hydrogen) atoms. The quantitative estimate of drug-likeness (QED) is 0.658. The first-order chi connectivity index (χ1) is 6.73. The minimum Gasteiger partial charge on any atom is -0.244 e. The van der Waals surface area contributed by atoms with E-state index in [0.29, 0.717) is 0 Å². The van der Waals surface area contributed by atoms with Gasteiger partial charge in [-0.3, -0.25) is 0 Å². The summed E-state index contributed by atoms with van der Waals surface area (Å²) in [5, 5.41) is 7.94. The molecule has 0 N–H and O–H groups in total. The Morgan fingerprint density at radius 1 is 0.733 bits per heavy atom. The second-order valence-electron chi connectivity index (χ2n) is 5.46. The van der Waals surface area contributed by atoms with Gasteiger partial charge >= 0.3 is 0 Å². The molecule has 0 aliphatic carbocycles. The lowest BCUT2D eigenvalue weighted by atomic mass is 9.82. The number of hydrogen-bond acceptors (Lipinski definition) is 3. The van der Waals surface area contributed by atoms with E-state index in [0.717, 1.165) is 11.4 Å². The number of nitrogens with zero attached hydrogens (tertiary/aromatic N) is 2. The predicted molar refractivity (Wildman–Crippen MR) is 63.0 cm³/mol. The van der Waals surface area contributed by atoms with E-state index in [1.54, 1.807) is 0 Å². The first-order valence-corrected chi connectivity index (χ1v) is 5.56. The van der Waals surface area contributed by atoms with Gasteiger partial charge in [-0.15, -0.1) is 0 Å². The molecule has 0 saturated heterocycles. The number of rotatable bonds is 0. The largest absolute Gasteiger partial charge is 0.244 e. The van der Waals surface area contributed by atoms with Gasteiger partial charge in [-0.25, -0.2) is 4.63 Å². The number of hydrogen-bond donors (Lipinski definition) is 0. The van der Waals surface area contributed by atoms with Crippen molar-refractivity contribution in [3.8, 4) is 0 Å². The first-order valence-electron chi connectivity index (χ1n) is 5.56. The molecule has 0 bridgehead atoms. The highest BCUT2D eigenvalue weighted by molar-refractivity contribution is 5.23. The third kappa shape index (κ3) is 3.65. The van der Waals surface area contributed by atoms with Crippen LogP contribution in [0.1, 0.15) is 66.8 Å². The molecule has 0 atom stereocenters. The maximum atomic E-state index is 4.80. The second-order valence-corrected chi connectivity index (χ2v) is 5.46. The van der Waals surface area contributed by atoms with E-state index >= 15 is 0 Å². The van der Waals surface area contributed by atoms with E-state index in [9.17, 15) is 0 Å². The van der Waals surface area contributed by atoms with Gasteiger partial charge in [0.15, 0.2) is 0 Å². The van der Waals surface area contributed by atoms with Crippen molar-refractivity contribution in [3.05, 3.63) is 11.4 Å². The molecule has 0 fully saturated rings. The summed E-state index contributed by atoms with van der Waals surface area (Å²) in [6.45, 7) is 16.7. The lowest BCUT2D eigenvalue weighted by molar-refractivity contribution is 0.290. The molecular formula is C12H24N2O. The van der Waals surface area contributed by atoms with Crippen LogP contribution in [0.2, 0.25) is 0 Å². The van der Waals surface area contributed by atoms with Crippen molar-refractivity contribution in [2.45, 2.75) is 66.2 Å². The zero-order valence-electron chi connectivity index (χ0n) is 11.3. The van der Waals surface area contributed by atoms with E-state index in [4.69, 9.17) is 4.63 Å². The van der Waals surface area contributed by atoms with E-state index in [1.807, 2.05) is 13.8 Å². The van der Waals surface area contributed by atoms with Gasteiger partial charge in [-0.2, -0.15) is 0 Å². The molecule has 1 rings (SSSR count). The summed E-state index contributed by atoms with van der Waals surface area (Å²) >= 11 is 0. The highest BCUT2D eigenvalue weighted by atomic mass is 16.6. The highest BCUT2D eigenvalue weighted by Crippen LogP contribution is 2.30. The van der Waals surface area contributed by atoms with Crippen molar-refractivity contribution in [1.82, 2.24) is 10.3 Å². The highest BCUT2D eigenvalue weighted by Gasteiger charge is 2.30. The van der Waals surface area contributed by atoms with Crippen LogP contribution in [-0.2, 0) is 10.8 Å². The molecule has 1 aromatic heterocycles. The van der Waals surface area contributed by atoms with Crippen molar-refractivity contribution in [1.29, 1.82) is 0 Å². The number of aromatic nitrogens is 2. The Morgan fingerprint density at radius 3 is 1.20 bits per heavy atom. The minimum absolute atomic E-state index is 0.00259. The molecule has 88 valence electrons. The lowest BCUT2D eigenvalue weighted by Crippen LogP contribution is -2.21. The zero-order chi connectivity index (χ0) is 12.3. The van der Waals surface area contributed by atoms with Crippen LogP contribution >= 0.6 is 0 Å². The zero-order valence-corrected chi connectivity index (χ0v) is 11.3. The van der Waals surface area contributed by atoms with Gasteiger partial charge in [0.05, 0.1) is 0 Å². The maximum absolute atomic E-state index is 4.80. The van der Waals surface area contributed by atoms with Crippen LogP contribution in [-0.4, -0.2) is 10.3 Å². The Kier molecular flexibility index (Phi) is 4.50. The van der Waals surface area contributed by atoms with E-state index < -0.39 is 0 Å². The fourth-order valence-electron chi connectivity index (χ4n) is 1.17. The standard InChI is InChI=1S/C10H18N2O.C2H6/c1-9(2,3)7-8(10(4,5)6)12-13-11-7;1-2/h1-6H3;1-2H3. The SMILES string of the molecule is CC.CC(C)(C)c1nonc1C(C)(C)C. The van der Waals surface area contributed by atoms with Gasteiger partial charge in [0, 0.05) is 10.8 Å². The van der Waals surface area contributed by atoms with Crippen LogP contribution < -0.4 is 0 Å². The summed E-state index contributed by atoms with van der Waals surface area (Å²) in [6, 6.07) is 0. The summed E-state index contributed by atoms with van der Waals surface area (Å²) in [6.07, 6.45) is 0. The Labute approximate surface area is 93.2 Å². The molecule has 0 saturated carbocycles. The average Bonchev–Trinajstić information content (AvgIpc) is 2.53. The summed E-state index contributed by atoms with van der Waals surface area (Å²) in [7, 11) is 0. The molecule has 1 heterocycles. The smallest absolute Gasteiger partial charge is 0.114 e. The van der Waals surface area contributed by atoms with Crippen LogP contribution in [0.4, 0.5) is 0 Å². The third-order valence-corrected chi connectivity index (χ3v) is 1.91. The Balaban J connectivity index is 0.000000921. The molecular weight excluding hydrogens is 188 g/mol. The molecule has 0 aliphatic rings. The van der Waals surface area contributed by atoms with Crippen molar-refractivity contribution in [2.75, 3.05) is 0 Å². The minimum atomic E-state index is 0.00259. The fourth-order valence-corrected chi connectivity index (χ4v) is 1.17. The molecule has 1 aromatic rings. The molecule has 0 aliphatic heterocycles. The lowest BCUT2D eigenvalue weighted by Gasteiger charge is -2.21. The van der Waals surface area contributed by atoms with Crippen molar-refractivity contribution >= 4 is 0 Å². The van der Waals surface area contributed by atoms with Gasteiger partial charge in [0.25, 0.3) is 0 Å². The van der Waals surface area contributed by atoms with Crippen LogP contribution in [0.15, 0.2) is 4.63 Å². The van der Waals surface area contributed by atoms with Crippen molar-refractivity contribution in [3.63, 3.8) is 0 Å². The summed E-state index contributed by atoms with van der Waals surface area (Å²) in [4.78, 5) is 0. The Hall–Kier alpha value is -0.860. The van der Waals surface area contributed by atoms with E-state index in [2.05, 4.69) is 51.9 Å². The van der Waals surface area contributed by atoms with Gasteiger partial charge in [0.1, 0.15) is 11.4 Å². The maximum Gasteiger partial charge on any atom is 0.114 e. The third-order valence-electron chi connectivity index (χ3n) is 1.91. The van der Waals surface area contributed by atoms with Crippen LogP contribution in [0, 0.1) is 0 Å². The van der Waals surface area contributed by atoms with Crippen molar-refractivity contribution < 1.29 is 4.63 Å². The Bertz CT molecular complexity index is 261.